The second-order valence-electron chi connectivity index (χ2n) is 4.24. The Balaban J connectivity index is 1.60. The molecule has 1 aliphatic carbocycles. The molecule has 0 saturated heterocycles. The highest BCUT2D eigenvalue weighted by Crippen LogP contribution is 2.20. The molecule has 1 fully saturated rings. The van der Waals surface area contributed by atoms with E-state index in [9.17, 15) is 0 Å². The second kappa shape index (κ2) is 6.56. The van der Waals surface area contributed by atoms with E-state index in [4.69, 9.17) is 9.15 Å². The summed E-state index contributed by atoms with van der Waals surface area (Å²) in [5.74, 6) is 0.590. The fraction of sp³-hybridized carbons (Fsp3) is 0.818. The van der Waals surface area contributed by atoms with E-state index in [1.54, 1.807) is 0 Å². The van der Waals surface area contributed by atoms with Gasteiger partial charge < -0.3 is 19.8 Å². The van der Waals surface area contributed by atoms with Crippen LogP contribution in [0.15, 0.2) is 4.42 Å². The third kappa shape index (κ3) is 3.98. The van der Waals surface area contributed by atoms with Crippen molar-refractivity contribution in [1.82, 2.24) is 15.5 Å². The van der Waals surface area contributed by atoms with E-state index in [-0.39, 0.29) is 0 Å². The Bertz CT molecular complexity index is 323. The highest BCUT2D eigenvalue weighted by molar-refractivity contribution is 5.16. The van der Waals surface area contributed by atoms with Gasteiger partial charge in [0.15, 0.2) is 0 Å². The molecule has 0 aliphatic heterocycles. The number of hydrogen-bond donors (Lipinski definition) is 2. The third-order valence-corrected chi connectivity index (χ3v) is 2.83. The summed E-state index contributed by atoms with van der Waals surface area (Å²) >= 11 is 0. The SMILES string of the molecule is CNCc1nnc(NCCOC2CCCC2)o1. The van der Waals surface area contributed by atoms with Gasteiger partial charge in [0.2, 0.25) is 5.89 Å². The number of anilines is 1. The zero-order valence-corrected chi connectivity index (χ0v) is 10.2. The summed E-state index contributed by atoms with van der Waals surface area (Å²) in [5.41, 5.74) is 0. The average molecular weight is 240 g/mol. The summed E-state index contributed by atoms with van der Waals surface area (Å²) in [5, 5.41) is 13.8. The molecule has 2 N–H and O–H groups in total. The van der Waals surface area contributed by atoms with Gasteiger partial charge in [-0.05, 0) is 19.9 Å². The molecule has 0 radical (unpaired) electrons. The van der Waals surface area contributed by atoms with Crippen LogP contribution in [0.4, 0.5) is 6.01 Å². The van der Waals surface area contributed by atoms with Crippen LogP contribution in [0.5, 0.6) is 0 Å². The van der Waals surface area contributed by atoms with Gasteiger partial charge in [0.1, 0.15) is 0 Å². The van der Waals surface area contributed by atoms with E-state index in [1.165, 1.54) is 25.7 Å². The number of hydrogen-bond acceptors (Lipinski definition) is 6. The minimum Gasteiger partial charge on any atom is -0.407 e. The highest BCUT2D eigenvalue weighted by Gasteiger charge is 2.14. The van der Waals surface area contributed by atoms with Crippen molar-refractivity contribution in [3.8, 4) is 0 Å². The lowest BCUT2D eigenvalue weighted by Crippen LogP contribution is -2.15. The van der Waals surface area contributed by atoms with Crippen molar-refractivity contribution in [2.24, 2.45) is 0 Å². The molecule has 6 nitrogen and oxygen atoms in total. The average Bonchev–Trinajstić information content (AvgIpc) is 2.96. The van der Waals surface area contributed by atoms with Crippen LogP contribution >= 0.6 is 0 Å². The van der Waals surface area contributed by atoms with Crippen molar-refractivity contribution in [1.29, 1.82) is 0 Å². The lowest BCUT2D eigenvalue weighted by atomic mass is 10.3. The highest BCUT2D eigenvalue weighted by atomic mass is 16.5. The standard InChI is InChI=1S/C11H20N4O2/c1-12-8-10-14-15-11(17-10)13-6-7-16-9-4-2-3-5-9/h9,12H,2-8H2,1H3,(H,13,15). The molecule has 0 bridgehead atoms. The van der Waals surface area contributed by atoms with Crippen molar-refractivity contribution in [2.75, 3.05) is 25.5 Å². The first-order valence-corrected chi connectivity index (χ1v) is 6.21. The number of nitrogens with one attached hydrogen (secondary N) is 2. The van der Waals surface area contributed by atoms with E-state index in [2.05, 4.69) is 20.8 Å². The zero-order valence-electron chi connectivity index (χ0n) is 10.2. The molecule has 0 spiro atoms. The van der Waals surface area contributed by atoms with E-state index >= 15 is 0 Å². The summed E-state index contributed by atoms with van der Waals surface area (Å²) in [4.78, 5) is 0. The Hall–Kier alpha value is -1.14. The van der Waals surface area contributed by atoms with Crippen LogP contribution in [-0.4, -0.2) is 36.5 Å². The maximum atomic E-state index is 5.71. The fourth-order valence-electron chi connectivity index (χ4n) is 1.99. The Labute approximate surface area is 101 Å². The first-order chi connectivity index (χ1) is 8.38. The lowest BCUT2D eigenvalue weighted by Gasteiger charge is -2.10. The van der Waals surface area contributed by atoms with E-state index in [0.29, 0.717) is 37.7 Å². The normalized spacial score (nSPS) is 16.5. The topological polar surface area (TPSA) is 72.2 Å². The van der Waals surface area contributed by atoms with Gasteiger partial charge in [-0.3, -0.25) is 0 Å². The van der Waals surface area contributed by atoms with Gasteiger partial charge in [-0.15, -0.1) is 5.10 Å². The monoisotopic (exact) mass is 240 g/mol. The Kier molecular flexibility index (Phi) is 4.75. The van der Waals surface area contributed by atoms with Crippen LogP contribution in [0.2, 0.25) is 0 Å². The minimum absolute atomic E-state index is 0.458. The maximum Gasteiger partial charge on any atom is 0.315 e. The Morgan fingerprint density at radius 1 is 1.35 bits per heavy atom. The van der Waals surface area contributed by atoms with Gasteiger partial charge in [-0.25, -0.2) is 0 Å². The molecule has 1 heterocycles. The second-order valence-corrected chi connectivity index (χ2v) is 4.24. The molecule has 17 heavy (non-hydrogen) atoms. The largest absolute Gasteiger partial charge is 0.407 e. The van der Waals surface area contributed by atoms with Crippen molar-refractivity contribution >= 4 is 6.01 Å². The molecule has 0 atom stereocenters. The van der Waals surface area contributed by atoms with Crippen LogP contribution in [0.25, 0.3) is 0 Å². The molecule has 1 aromatic heterocycles. The van der Waals surface area contributed by atoms with Crippen molar-refractivity contribution in [3.63, 3.8) is 0 Å². The van der Waals surface area contributed by atoms with Crippen LogP contribution in [0.1, 0.15) is 31.6 Å². The first-order valence-electron chi connectivity index (χ1n) is 6.21. The number of nitrogens with zero attached hydrogens (tertiary/aromatic N) is 2. The molecule has 1 aliphatic rings. The number of rotatable bonds is 7. The quantitative estimate of drug-likeness (QED) is 0.697. The van der Waals surface area contributed by atoms with Gasteiger partial charge in [-0.1, -0.05) is 17.9 Å². The molecule has 0 unspecified atom stereocenters. The minimum atomic E-state index is 0.458. The van der Waals surface area contributed by atoms with Crippen LogP contribution < -0.4 is 10.6 Å². The lowest BCUT2D eigenvalue weighted by molar-refractivity contribution is 0.0656. The van der Waals surface area contributed by atoms with Gasteiger partial charge in [0, 0.05) is 6.54 Å². The Morgan fingerprint density at radius 2 is 2.18 bits per heavy atom. The third-order valence-electron chi connectivity index (χ3n) is 2.83. The summed E-state index contributed by atoms with van der Waals surface area (Å²) in [6, 6.07) is 0.463. The fourth-order valence-corrected chi connectivity index (χ4v) is 1.99. The molecule has 96 valence electrons. The maximum absolute atomic E-state index is 5.71. The van der Waals surface area contributed by atoms with Gasteiger partial charge >= 0.3 is 6.01 Å². The van der Waals surface area contributed by atoms with E-state index in [1.807, 2.05) is 7.05 Å². The van der Waals surface area contributed by atoms with Gasteiger partial charge in [0.25, 0.3) is 0 Å². The summed E-state index contributed by atoms with van der Waals surface area (Å²) in [6.45, 7) is 1.99. The van der Waals surface area contributed by atoms with Crippen molar-refractivity contribution in [3.05, 3.63) is 5.89 Å². The van der Waals surface area contributed by atoms with E-state index < -0.39 is 0 Å². The van der Waals surface area contributed by atoms with Crippen molar-refractivity contribution in [2.45, 2.75) is 38.3 Å². The summed E-state index contributed by atoms with van der Waals surface area (Å²) in [6.07, 6.45) is 5.46. The molecule has 1 saturated carbocycles. The number of ether oxygens (including phenoxy) is 1. The molecular weight excluding hydrogens is 220 g/mol. The predicted molar refractivity (Wildman–Crippen MR) is 63.8 cm³/mol. The zero-order chi connectivity index (χ0) is 11.9. The van der Waals surface area contributed by atoms with Gasteiger partial charge in [-0.2, -0.15) is 0 Å². The molecule has 6 heteroatoms. The summed E-state index contributed by atoms with van der Waals surface area (Å²) in [7, 11) is 1.84. The summed E-state index contributed by atoms with van der Waals surface area (Å²) < 4.78 is 11.1. The molecular formula is C11H20N4O2. The van der Waals surface area contributed by atoms with Crippen LogP contribution in [-0.2, 0) is 11.3 Å². The van der Waals surface area contributed by atoms with Gasteiger partial charge in [0.05, 0.1) is 19.3 Å². The smallest absolute Gasteiger partial charge is 0.315 e. The van der Waals surface area contributed by atoms with Crippen LogP contribution in [0, 0.1) is 0 Å². The molecule has 0 aromatic carbocycles. The first kappa shape index (κ1) is 12.3. The Morgan fingerprint density at radius 3 is 2.94 bits per heavy atom. The number of aromatic nitrogens is 2. The molecule has 2 rings (SSSR count). The van der Waals surface area contributed by atoms with E-state index in [0.717, 1.165) is 0 Å². The molecule has 1 aromatic rings. The predicted octanol–water partition coefficient (Wildman–Crippen LogP) is 1.16. The van der Waals surface area contributed by atoms with Crippen LogP contribution in [0.3, 0.4) is 0 Å². The van der Waals surface area contributed by atoms with Crippen molar-refractivity contribution < 1.29 is 9.15 Å². The molecule has 0 amide bonds.